The first-order valence-corrected chi connectivity index (χ1v) is 13.7. The van der Waals surface area contributed by atoms with E-state index in [0.29, 0.717) is 35.2 Å². The van der Waals surface area contributed by atoms with Gasteiger partial charge in [-0.25, -0.2) is 0 Å². The van der Waals surface area contributed by atoms with Crippen LogP contribution in [0.5, 0.6) is 5.75 Å². The van der Waals surface area contributed by atoms with Gasteiger partial charge in [-0.1, -0.05) is 30.7 Å². The molecule has 2 bridgehead atoms. The largest absolute Gasteiger partial charge is 0.494 e. The number of benzene rings is 2. The van der Waals surface area contributed by atoms with E-state index in [1.165, 1.54) is 4.90 Å². The smallest absolute Gasteiger partial charge is 0.250 e. The first-order chi connectivity index (χ1) is 18.6. The van der Waals surface area contributed by atoms with Gasteiger partial charge in [-0.2, -0.15) is 0 Å². The number of amides is 3. The van der Waals surface area contributed by atoms with Crippen molar-refractivity contribution in [2.75, 3.05) is 30.4 Å². The Labute approximate surface area is 232 Å². The second-order valence-corrected chi connectivity index (χ2v) is 11.2. The van der Waals surface area contributed by atoms with Crippen molar-refractivity contribution in [3.63, 3.8) is 0 Å². The lowest BCUT2D eigenvalue weighted by Gasteiger charge is -2.36. The third-order valence-electron chi connectivity index (χ3n) is 8.59. The summed E-state index contributed by atoms with van der Waals surface area (Å²) in [4.78, 5) is 43.0. The number of aliphatic hydroxyl groups excluding tert-OH is 1. The van der Waals surface area contributed by atoms with Crippen LogP contribution in [0.3, 0.4) is 0 Å². The van der Waals surface area contributed by atoms with E-state index in [4.69, 9.17) is 21.1 Å². The number of aliphatic hydroxyl groups is 1. The minimum Gasteiger partial charge on any atom is -0.494 e. The summed E-state index contributed by atoms with van der Waals surface area (Å²) in [7, 11) is 0. The fourth-order valence-electron chi connectivity index (χ4n) is 6.79. The Bertz CT molecular complexity index is 1280. The van der Waals surface area contributed by atoms with Crippen LogP contribution in [0.1, 0.15) is 32.8 Å². The standard InChI is InChI=1S/C29H34ClN3O6/c1-5-38-19-11-9-18(10-12-19)31-25(35)21-22-27(37)33(13-14-34)24(29(22)15-17(3)28(21,4)39-29)26(36)32-23-16(2)7-6-8-20(23)30/h6-12,17,21-22,24,34H,5,13-15H2,1-4H3,(H,31,35)(H,32,36)/t17?,21-,22-,24?,28+,29?/m0/s1. The molecule has 3 saturated heterocycles. The maximum Gasteiger partial charge on any atom is 0.250 e. The van der Waals surface area contributed by atoms with Crippen LogP contribution in [0.15, 0.2) is 42.5 Å². The summed E-state index contributed by atoms with van der Waals surface area (Å²) in [5.74, 6) is -2.31. The Morgan fingerprint density at radius 1 is 1.18 bits per heavy atom. The fraction of sp³-hybridized carbons (Fsp3) is 0.483. The highest BCUT2D eigenvalue weighted by Crippen LogP contribution is 2.65. The van der Waals surface area contributed by atoms with Gasteiger partial charge in [0.25, 0.3) is 0 Å². The molecule has 1 spiro atoms. The number of β-amino-alcohol motifs (C(OH)–C–C–N with tert-alkyl or cyclic N) is 1. The van der Waals surface area contributed by atoms with Crippen molar-refractivity contribution in [3.8, 4) is 5.75 Å². The van der Waals surface area contributed by atoms with Gasteiger partial charge in [-0.3, -0.25) is 14.4 Å². The molecule has 6 atom stereocenters. The van der Waals surface area contributed by atoms with E-state index in [2.05, 4.69) is 10.6 Å². The van der Waals surface area contributed by atoms with Crippen LogP contribution in [-0.2, 0) is 19.1 Å². The zero-order chi connectivity index (χ0) is 28.1. The number of ether oxygens (including phenoxy) is 2. The molecule has 9 nitrogen and oxygen atoms in total. The van der Waals surface area contributed by atoms with Crippen LogP contribution >= 0.6 is 11.6 Å². The number of nitrogens with one attached hydrogen (secondary N) is 2. The van der Waals surface area contributed by atoms with Crippen molar-refractivity contribution in [3.05, 3.63) is 53.1 Å². The van der Waals surface area contributed by atoms with E-state index in [1.54, 1.807) is 36.4 Å². The molecule has 3 amide bonds. The van der Waals surface area contributed by atoms with Gasteiger partial charge in [0.1, 0.15) is 17.4 Å². The molecule has 0 aromatic heterocycles. The molecule has 0 radical (unpaired) electrons. The quantitative estimate of drug-likeness (QED) is 0.458. The number of likely N-dealkylation sites (tertiary alicyclic amines) is 1. The summed E-state index contributed by atoms with van der Waals surface area (Å²) in [6.07, 6.45) is 0.425. The molecule has 208 valence electrons. The predicted molar refractivity (Wildman–Crippen MR) is 147 cm³/mol. The third-order valence-corrected chi connectivity index (χ3v) is 8.90. The Balaban J connectivity index is 1.49. The summed E-state index contributed by atoms with van der Waals surface area (Å²) in [5, 5.41) is 16.0. The highest BCUT2D eigenvalue weighted by molar-refractivity contribution is 6.34. The van der Waals surface area contributed by atoms with Crippen LogP contribution in [0.25, 0.3) is 0 Å². The highest BCUT2D eigenvalue weighted by atomic mass is 35.5. The van der Waals surface area contributed by atoms with Crippen molar-refractivity contribution in [1.82, 2.24) is 4.90 Å². The van der Waals surface area contributed by atoms with Crippen molar-refractivity contribution in [2.45, 2.75) is 51.4 Å². The number of rotatable bonds is 8. The van der Waals surface area contributed by atoms with Gasteiger partial charge in [-0.05, 0) is 69.0 Å². The third kappa shape index (κ3) is 4.27. The fourth-order valence-corrected chi connectivity index (χ4v) is 7.06. The number of anilines is 2. The highest BCUT2D eigenvalue weighted by Gasteiger charge is 2.79. The van der Waals surface area contributed by atoms with E-state index in [0.717, 1.165) is 5.56 Å². The Morgan fingerprint density at radius 2 is 1.90 bits per heavy atom. The molecule has 39 heavy (non-hydrogen) atoms. The van der Waals surface area contributed by atoms with Crippen LogP contribution in [-0.4, -0.2) is 64.7 Å². The molecule has 3 N–H and O–H groups in total. The van der Waals surface area contributed by atoms with Crippen LogP contribution in [0.4, 0.5) is 11.4 Å². The number of nitrogens with zero attached hydrogens (tertiary/aromatic N) is 1. The number of halogens is 1. The normalized spacial score (nSPS) is 30.8. The van der Waals surface area contributed by atoms with Gasteiger partial charge in [0.05, 0.1) is 41.4 Å². The molecule has 3 aliphatic rings. The van der Waals surface area contributed by atoms with Gasteiger partial charge in [0, 0.05) is 12.2 Å². The van der Waals surface area contributed by atoms with E-state index in [9.17, 15) is 19.5 Å². The average molecular weight is 556 g/mol. The van der Waals surface area contributed by atoms with E-state index >= 15 is 0 Å². The second kappa shape index (κ2) is 10.1. The number of para-hydroxylation sites is 1. The minimum absolute atomic E-state index is 0.0572. The molecule has 0 aliphatic carbocycles. The minimum atomic E-state index is -1.22. The van der Waals surface area contributed by atoms with Crippen molar-refractivity contribution in [2.24, 2.45) is 17.8 Å². The van der Waals surface area contributed by atoms with Gasteiger partial charge in [-0.15, -0.1) is 0 Å². The molecule has 0 saturated carbocycles. The maximum absolute atomic E-state index is 13.9. The summed E-state index contributed by atoms with van der Waals surface area (Å²) in [6.45, 7) is 7.69. The first-order valence-electron chi connectivity index (χ1n) is 13.3. The molecule has 10 heteroatoms. The van der Waals surface area contributed by atoms with Crippen LogP contribution in [0, 0.1) is 24.7 Å². The van der Waals surface area contributed by atoms with Crippen LogP contribution in [0.2, 0.25) is 5.02 Å². The predicted octanol–water partition coefficient (Wildman–Crippen LogP) is 3.63. The second-order valence-electron chi connectivity index (χ2n) is 10.8. The van der Waals surface area contributed by atoms with Gasteiger partial charge >= 0.3 is 0 Å². The SMILES string of the molecule is CCOc1ccc(NC(=O)[C@@H]2[C@H]3C(=O)N(CCO)C(C(=O)Nc4c(C)cccc4Cl)C34CC(C)[C@@]2(C)O4)cc1. The number of hydrogen-bond acceptors (Lipinski definition) is 6. The molecule has 3 fully saturated rings. The van der Waals surface area contributed by atoms with E-state index < -0.39 is 35.0 Å². The maximum atomic E-state index is 13.9. The van der Waals surface area contributed by atoms with Crippen molar-refractivity contribution in [1.29, 1.82) is 0 Å². The van der Waals surface area contributed by atoms with Gasteiger partial charge in [0.15, 0.2) is 0 Å². The zero-order valence-corrected chi connectivity index (χ0v) is 23.2. The number of fused-ring (bicyclic) bond motifs is 1. The lowest BCUT2D eigenvalue weighted by atomic mass is 9.62. The van der Waals surface area contributed by atoms with E-state index in [-0.39, 0.29) is 30.9 Å². The molecule has 3 aliphatic heterocycles. The van der Waals surface area contributed by atoms with Gasteiger partial charge < -0.3 is 30.1 Å². The van der Waals surface area contributed by atoms with E-state index in [1.807, 2.05) is 33.8 Å². The molecule has 3 heterocycles. The van der Waals surface area contributed by atoms with Crippen LogP contribution < -0.4 is 15.4 Å². The summed E-state index contributed by atoms with van der Waals surface area (Å²) in [5.41, 5.74) is -0.387. The van der Waals surface area contributed by atoms with Crippen molar-refractivity contribution >= 4 is 40.7 Å². The molecular weight excluding hydrogens is 522 g/mol. The summed E-state index contributed by atoms with van der Waals surface area (Å²) < 4.78 is 12.1. The summed E-state index contributed by atoms with van der Waals surface area (Å²) >= 11 is 6.38. The lowest BCUT2D eigenvalue weighted by Crippen LogP contribution is -2.54. The molecule has 2 aromatic rings. The number of carbonyl (C=O) groups is 3. The molecule has 2 aromatic carbocycles. The average Bonchev–Trinajstić information content (AvgIpc) is 3.40. The zero-order valence-electron chi connectivity index (χ0n) is 22.5. The molecular formula is C29H34ClN3O6. The Hall–Kier alpha value is -3.14. The lowest BCUT2D eigenvalue weighted by molar-refractivity contribution is -0.144. The molecule has 5 rings (SSSR count). The van der Waals surface area contributed by atoms with Crippen molar-refractivity contribution < 1.29 is 29.0 Å². The number of hydrogen-bond donors (Lipinski definition) is 3. The first kappa shape index (κ1) is 27.4. The Morgan fingerprint density at radius 3 is 2.54 bits per heavy atom. The molecule has 3 unspecified atom stereocenters. The monoisotopic (exact) mass is 555 g/mol. The van der Waals surface area contributed by atoms with Gasteiger partial charge in [0.2, 0.25) is 17.7 Å². The summed E-state index contributed by atoms with van der Waals surface area (Å²) in [6, 6.07) is 11.3. The number of aryl methyl sites for hydroxylation is 1. The Kier molecular flexibility index (Phi) is 7.11. The topological polar surface area (TPSA) is 117 Å². The number of carbonyl (C=O) groups excluding carboxylic acids is 3.